The number of nitrogens with one attached hydrogen (secondary N) is 1. The van der Waals surface area contributed by atoms with Crippen molar-refractivity contribution >= 4 is 10.0 Å². The Morgan fingerprint density at radius 3 is 2.62 bits per heavy atom. The predicted molar refractivity (Wildman–Crippen MR) is 96.1 cm³/mol. The average molecular weight is 380 g/mol. The van der Waals surface area contributed by atoms with E-state index in [0.29, 0.717) is 11.4 Å². The van der Waals surface area contributed by atoms with Crippen molar-refractivity contribution < 1.29 is 17.7 Å². The fraction of sp³-hybridized carbons (Fsp3) is 0.529. The van der Waals surface area contributed by atoms with Crippen molar-refractivity contribution in [2.45, 2.75) is 56.0 Å². The van der Waals surface area contributed by atoms with E-state index in [9.17, 15) is 8.42 Å². The zero-order chi connectivity index (χ0) is 18.9. The van der Waals surface area contributed by atoms with Crippen LogP contribution in [-0.4, -0.2) is 31.7 Å². The molecule has 0 amide bonds. The summed E-state index contributed by atoms with van der Waals surface area (Å²) in [5, 5.41) is 4.02. The SMILES string of the molecule is COc1ccc(-c2nc(C3(N)CCCC3)no2)cc1S(=O)(=O)NC(C)C. The molecule has 1 aromatic carbocycles. The second-order valence-corrected chi connectivity index (χ2v) is 8.61. The van der Waals surface area contributed by atoms with Crippen LogP contribution in [0, 0.1) is 0 Å². The van der Waals surface area contributed by atoms with E-state index in [4.69, 9.17) is 15.0 Å². The van der Waals surface area contributed by atoms with Gasteiger partial charge in [0, 0.05) is 11.6 Å². The van der Waals surface area contributed by atoms with Crippen LogP contribution in [0.5, 0.6) is 5.75 Å². The molecular weight excluding hydrogens is 356 g/mol. The average Bonchev–Trinajstić information content (AvgIpc) is 3.23. The number of benzene rings is 1. The molecule has 0 aliphatic heterocycles. The van der Waals surface area contributed by atoms with Crippen molar-refractivity contribution in [3.8, 4) is 17.2 Å². The summed E-state index contributed by atoms with van der Waals surface area (Å²) in [6, 6.07) is 4.48. The van der Waals surface area contributed by atoms with Crippen molar-refractivity contribution in [3.63, 3.8) is 0 Å². The predicted octanol–water partition coefficient (Wildman–Crippen LogP) is 2.16. The summed E-state index contributed by atoms with van der Waals surface area (Å²) in [6.45, 7) is 3.50. The third-order valence-corrected chi connectivity index (χ3v) is 6.14. The lowest BCUT2D eigenvalue weighted by Gasteiger charge is -2.17. The van der Waals surface area contributed by atoms with Crippen molar-refractivity contribution in [1.82, 2.24) is 14.9 Å². The van der Waals surface area contributed by atoms with Crippen molar-refractivity contribution in [3.05, 3.63) is 24.0 Å². The fourth-order valence-electron chi connectivity index (χ4n) is 3.17. The summed E-state index contributed by atoms with van der Waals surface area (Å²) in [5.74, 6) is 0.943. The third-order valence-electron chi connectivity index (χ3n) is 4.46. The van der Waals surface area contributed by atoms with E-state index in [1.54, 1.807) is 26.0 Å². The fourth-order valence-corrected chi connectivity index (χ4v) is 4.61. The van der Waals surface area contributed by atoms with Gasteiger partial charge in [-0.3, -0.25) is 0 Å². The van der Waals surface area contributed by atoms with E-state index < -0.39 is 15.6 Å². The Balaban J connectivity index is 1.99. The molecule has 1 saturated carbocycles. The molecule has 2 aromatic rings. The highest BCUT2D eigenvalue weighted by Gasteiger charge is 2.36. The second-order valence-electron chi connectivity index (χ2n) is 6.93. The first-order valence-electron chi connectivity index (χ1n) is 8.59. The molecule has 8 nitrogen and oxygen atoms in total. The van der Waals surface area contributed by atoms with Gasteiger partial charge >= 0.3 is 0 Å². The van der Waals surface area contributed by atoms with E-state index >= 15 is 0 Å². The monoisotopic (exact) mass is 380 g/mol. The zero-order valence-electron chi connectivity index (χ0n) is 15.2. The molecule has 1 heterocycles. The maximum absolute atomic E-state index is 12.6. The summed E-state index contributed by atoms with van der Waals surface area (Å²) < 4.78 is 38.3. The second kappa shape index (κ2) is 6.98. The lowest BCUT2D eigenvalue weighted by atomic mass is 9.99. The molecule has 0 bridgehead atoms. The van der Waals surface area contributed by atoms with Crippen LogP contribution in [0.1, 0.15) is 45.4 Å². The molecule has 26 heavy (non-hydrogen) atoms. The Morgan fingerprint density at radius 2 is 2.00 bits per heavy atom. The summed E-state index contributed by atoms with van der Waals surface area (Å²) in [4.78, 5) is 4.44. The molecule has 3 rings (SSSR count). The summed E-state index contributed by atoms with van der Waals surface area (Å²) in [5.41, 5.74) is 6.29. The van der Waals surface area contributed by atoms with Crippen LogP contribution in [0.15, 0.2) is 27.6 Å². The summed E-state index contributed by atoms with van der Waals surface area (Å²) in [6.07, 6.45) is 3.69. The number of aromatic nitrogens is 2. The van der Waals surface area contributed by atoms with E-state index in [-0.39, 0.29) is 22.6 Å². The normalized spacial score (nSPS) is 17.0. The van der Waals surface area contributed by atoms with Gasteiger partial charge in [-0.1, -0.05) is 18.0 Å². The van der Waals surface area contributed by atoms with Gasteiger partial charge in [0.2, 0.25) is 10.0 Å². The Morgan fingerprint density at radius 1 is 1.31 bits per heavy atom. The maximum Gasteiger partial charge on any atom is 0.258 e. The van der Waals surface area contributed by atoms with Gasteiger partial charge in [-0.25, -0.2) is 13.1 Å². The van der Waals surface area contributed by atoms with Crippen LogP contribution in [0.25, 0.3) is 11.5 Å². The minimum absolute atomic E-state index is 0.0225. The van der Waals surface area contributed by atoms with E-state index in [1.165, 1.54) is 13.2 Å². The van der Waals surface area contributed by atoms with Crippen molar-refractivity contribution in [1.29, 1.82) is 0 Å². The van der Waals surface area contributed by atoms with Crippen LogP contribution < -0.4 is 15.2 Å². The molecule has 1 aliphatic rings. The Labute approximate surface area is 153 Å². The number of hydrogen-bond donors (Lipinski definition) is 2. The molecule has 1 fully saturated rings. The van der Waals surface area contributed by atoms with Gasteiger partial charge < -0.3 is 15.0 Å². The van der Waals surface area contributed by atoms with Gasteiger partial charge in [0.1, 0.15) is 10.6 Å². The van der Waals surface area contributed by atoms with Gasteiger partial charge in [-0.2, -0.15) is 4.98 Å². The van der Waals surface area contributed by atoms with Crippen LogP contribution in [0.3, 0.4) is 0 Å². The molecule has 3 N–H and O–H groups in total. The molecule has 0 spiro atoms. The van der Waals surface area contributed by atoms with Crippen LogP contribution in [0.4, 0.5) is 0 Å². The maximum atomic E-state index is 12.6. The van der Waals surface area contributed by atoms with Gasteiger partial charge in [0.05, 0.1) is 12.6 Å². The molecule has 0 unspecified atom stereocenters. The van der Waals surface area contributed by atoms with E-state index in [2.05, 4.69) is 14.9 Å². The number of nitrogens with two attached hydrogens (primary N) is 1. The first-order chi connectivity index (χ1) is 12.2. The van der Waals surface area contributed by atoms with Crippen LogP contribution >= 0.6 is 0 Å². The lowest BCUT2D eigenvalue weighted by molar-refractivity contribution is 0.372. The minimum atomic E-state index is -3.74. The number of nitrogens with zero attached hydrogens (tertiary/aromatic N) is 2. The van der Waals surface area contributed by atoms with Gasteiger partial charge in [0.25, 0.3) is 5.89 Å². The Hall–Kier alpha value is -1.97. The molecule has 1 aliphatic carbocycles. The number of ether oxygens (including phenoxy) is 1. The van der Waals surface area contributed by atoms with Crippen LogP contribution in [0.2, 0.25) is 0 Å². The Kier molecular flexibility index (Phi) is 5.05. The topological polar surface area (TPSA) is 120 Å². The molecule has 9 heteroatoms. The van der Waals surface area contributed by atoms with Gasteiger partial charge in [0.15, 0.2) is 5.82 Å². The molecule has 142 valence electrons. The van der Waals surface area contributed by atoms with Crippen LogP contribution in [-0.2, 0) is 15.6 Å². The highest BCUT2D eigenvalue weighted by atomic mass is 32.2. The van der Waals surface area contributed by atoms with Crippen molar-refractivity contribution in [2.75, 3.05) is 7.11 Å². The molecule has 0 radical (unpaired) electrons. The summed E-state index contributed by atoms with van der Waals surface area (Å²) >= 11 is 0. The number of hydrogen-bond acceptors (Lipinski definition) is 7. The smallest absolute Gasteiger partial charge is 0.258 e. The highest BCUT2D eigenvalue weighted by Crippen LogP contribution is 2.36. The standard InChI is InChI=1S/C17H24N4O4S/c1-11(2)21-26(22,23)14-10-12(6-7-13(14)24-3)15-19-16(20-25-15)17(18)8-4-5-9-17/h6-7,10-11,21H,4-5,8-9,18H2,1-3H3. The summed E-state index contributed by atoms with van der Waals surface area (Å²) in [7, 11) is -2.32. The first kappa shape index (κ1) is 18.8. The zero-order valence-corrected chi connectivity index (χ0v) is 16.0. The highest BCUT2D eigenvalue weighted by molar-refractivity contribution is 7.89. The molecular formula is C17H24N4O4S. The van der Waals surface area contributed by atoms with Gasteiger partial charge in [-0.05, 0) is 44.9 Å². The molecule has 0 saturated heterocycles. The largest absolute Gasteiger partial charge is 0.495 e. The lowest BCUT2D eigenvalue weighted by Crippen LogP contribution is -2.34. The molecule has 0 atom stereocenters. The first-order valence-corrected chi connectivity index (χ1v) is 10.1. The van der Waals surface area contributed by atoms with Crippen molar-refractivity contribution in [2.24, 2.45) is 5.73 Å². The van der Waals surface area contributed by atoms with E-state index in [1.807, 2.05) is 0 Å². The van der Waals surface area contributed by atoms with E-state index in [0.717, 1.165) is 25.7 Å². The number of rotatable bonds is 6. The molecule has 1 aromatic heterocycles. The third kappa shape index (κ3) is 3.60. The number of methoxy groups -OCH3 is 1. The minimum Gasteiger partial charge on any atom is -0.495 e. The van der Waals surface area contributed by atoms with Gasteiger partial charge in [-0.15, -0.1) is 0 Å². The Bertz CT molecular complexity index is 886. The number of sulfonamides is 1. The quantitative estimate of drug-likeness (QED) is 0.788.